The van der Waals surface area contributed by atoms with Crippen molar-refractivity contribution in [3.05, 3.63) is 84.9 Å². The number of methoxy groups -OCH3 is 1. The van der Waals surface area contributed by atoms with Gasteiger partial charge in [0.1, 0.15) is 44.0 Å². The summed E-state index contributed by atoms with van der Waals surface area (Å²) in [6.07, 6.45) is 0. The van der Waals surface area contributed by atoms with Crippen molar-refractivity contribution >= 4 is 118 Å². The Bertz CT molecular complexity index is 3370. The van der Waals surface area contributed by atoms with Crippen molar-refractivity contribution in [3.8, 4) is 23.0 Å². The topological polar surface area (TPSA) is 400 Å². The van der Waals surface area contributed by atoms with Crippen molar-refractivity contribution in [1.29, 1.82) is 0 Å². The van der Waals surface area contributed by atoms with Gasteiger partial charge in [0.2, 0.25) is 17.8 Å². The molecule has 0 aliphatic carbocycles. The van der Waals surface area contributed by atoms with E-state index in [2.05, 4.69) is 70.1 Å². The molecule has 0 saturated heterocycles. The van der Waals surface area contributed by atoms with E-state index in [-0.39, 0.29) is 80.6 Å². The number of nitrogens with zero attached hydrogens (tertiary/aromatic N) is 7. The summed E-state index contributed by atoms with van der Waals surface area (Å²) in [6.45, 7) is -0.272. The van der Waals surface area contributed by atoms with Crippen LogP contribution in [0.1, 0.15) is 0 Å². The van der Waals surface area contributed by atoms with Crippen molar-refractivity contribution in [2.75, 3.05) is 36.2 Å². The Balaban J connectivity index is 1.20. The van der Waals surface area contributed by atoms with Crippen molar-refractivity contribution in [1.82, 2.24) is 15.0 Å². The van der Waals surface area contributed by atoms with Crippen molar-refractivity contribution in [3.63, 3.8) is 0 Å². The first-order valence-corrected chi connectivity index (χ1v) is 23.2. The van der Waals surface area contributed by atoms with Crippen LogP contribution in [-0.4, -0.2) is 92.1 Å². The Morgan fingerprint density at radius 2 is 1.20 bits per heavy atom. The van der Waals surface area contributed by atoms with Crippen LogP contribution in [0.5, 0.6) is 23.0 Å². The fraction of sp³-hybridized carbons (Fsp3) is 0.0789. The highest BCUT2D eigenvalue weighted by atomic mass is 32.2. The summed E-state index contributed by atoms with van der Waals surface area (Å²) in [4.78, 5) is 11.9. The van der Waals surface area contributed by atoms with Gasteiger partial charge in [0.15, 0.2) is 11.5 Å². The van der Waals surface area contributed by atoms with E-state index < -0.39 is 52.9 Å². The minimum absolute atomic E-state index is 0.00879. The number of aliphatic hydroxyl groups is 1. The zero-order chi connectivity index (χ0) is 49.5. The number of phenols is 3. The average molecular weight is 1030 g/mol. The SMILES string of the molecule is COc1ccc(N=Nc2c(S(=O)(=O)O)cc3cc(Nc4nc(NCCO)nc(Nc5ccc6c(O)c(N=Nc7cc(SOOO)ccc7O)c(SOOO)cc6c5)n4)ccc3c2O)c(S(=O)(=O)O)c1. The van der Waals surface area contributed by atoms with E-state index in [1.165, 1.54) is 61.7 Å². The molecule has 11 N–H and O–H groups in total. The fourth-order valence-electron chi connectivity index (χ4n) is 6.16. The molecule has 7 aromatic rings. The maximum Gasteiger partial charge on any atom is 0.296 e. The summed E-state index contributed by atoms with van der Waals surface area (Å²) in [5, 5.41) is 92.2. The summed E-state index contributed by atoms with van der Waals surface area (Å²) in [5.74, 6) is -1.59. The lowest BCUT2D eigenvalue weighted by molar-refractivity contribution is -0.432. The highest BCUT2D eigenvalue weighted by Gasteiger charge is 2.24. The van der Waals surface area contributed by atoms with Gasteiger partial charge in [0.05, 0.1) is 42.7 Å². The Hall–Kier alpha value is -7.11. The molecule has 0 atom stereocenters. The number of aliphatic hydroxyl groups excluding tert-OH is 1. The molecule has 0 unspecified atom stereocenters. The van der Waals surface area contributed by atoms with Crippen LogP contribution in [0, 0.1) is 0 Å². The van der Waals surface area contributed by atoms with Gasteiger partial charge in [-0.3, -0.25) is 9.11 Å². The molecule has 0 radical (unpaired) electrons. The van der Waals surface area contributed by atoms with Crippen LogP contribution in [-0.2, 0) is 39.0 Å². The molecule has 360 valence electrons. The van der Waals surface area contributed by atoms with Gasteiger partial charge < -0.3 is 41.1 Å². The van der Waals surface area contributed by atoms with Crippen LogP contribution in [0.2, 0.25) is 0 Å². The monoisotopic (exact) mass is 1030 g/mol. The van der Waals surface area contributed by atoms with Crippen LogP contribution < -0.4 is 20.7 Å². The van der Waals surface area contributed by atoms with Crippen LogP contribution in [0.3, 0.4) is 0 Å². The fourth-order valence-corrected chi connectivity index (χ4v) is 8.35. The van der Waals surface area contributed by atoms with Gasteiger partial charge in [-0.15, -0.1) is 29.1 Å². The Morgan fingerprint density at radius 3 is 1.81 bits per heavy atom. The van der Waals surface area contributed by atoms with Gasteiger partial charge in [-0.1, -0.05) is 10.1 Å². The number of anilines is 5. The molecular formula is C38H32N10O17S4. The molecule has 69 heavy (non-hydrogen) atoms. The zero-order valence-electron chi connectivity index (χ0n) is 34.5. The lowest BCUT2D eigenvalue weighted by Crippen LogP contribution is -2.12. The lowest BCUT2D eigenvalue weighted by atomic mass is 10.1. The molecule has 0 saturated carbocycles. The maximum absolute atomic E-state index is 12.6. The molecule has 0 aliphatic heterocycles. The second kappa shape index (κ2) is 21.5. The predicted molar refractivity (Wildman–Crippen MR) is 244 cm³/mol. The molecule has 27 nitrogen and oxygen atoms in total. The highest BCUT2D eigenvalue weighted by Crippen LogP contribution is 2.46. The number of phenolic OH excluding ortho intramolecular Hbond substituents is 3. The highest BCUT2D eigenvalue weighted by molar-refractivity contribution is 7.95. The van der Waals surface area contributed by atoms with Gasteiger partial charge in [0, 0.05) is 39.7 Å². The minimum Gasteiger partial charge on any atom is -0.506 e. The van der Waals surface area contributed by atoms with Gasteiger partial charge >= 0.3 is 0 Å². The number of nitrogens with one attached hydrogen (secondary N) is 3. The number of aromatic nitrogens is 3. The van der Waals surface area contributed by atoms with Crippen LogP contribution in [0.4, 0.5) is 52.0 Å². The van der Waals surface area contributed by atoms with E-state index in [0.29, 0.717) is 40.1 Å². The van der Waals surface area contributed by atoms with Crippen LogP contribution in [0.25, 0.3) is 21.5 Å². The maximum atomic E-state index is 12.6. The van der Waals surface area contributed by atoms with E-state index >= 15 is 0 Å². The van der Waals surface area contributed by atoms with Crippen molar-refractivity contribution in [2.24, 2.45) is 20.5 Å². The third kappa shape index (κ3) is 12.0. The molecule has 7 rings (SSSR count). The third-order valence-corrected chi connectivity index (χ3v) is 12.1. The molecule has 0 amide bonds. The number of aromatic hydroxyl groups is 3. The number of hydrogen-bond acceptors (Lipinski definition) is 27. The Labute approximate surface area is 395 Å². The second-order valence-corrected chi connectivity index (χ2v) is 17.8. The van der Waals surface area contributed by atoms with E-state index in [9.17, 15) is 46.4 Å². The molecule has 1 aromatic heterocycles. The lowest BCUT2D eigenvalue weighted by Gasteiger charge is -2.14. The molecule has 6 aromatic carbocycles. The average Bonchev–Trinajstić information content (AvgIpc) is 3.31. The first kappa shape index (κ1) is 49.8. The van der Waals surface area contributed by atoms with E-state index in [0.717, 1.165) is 18.2 Å². The standard InChI is InChI=1S/C38H32N10O17S4/c1-61-22-4-8-26(30(16-22)68(55,56)57)45-48-33-31(69(58,59)60)15-19-13-21(3-7-25(19)35(33)52)41-38-43-36(39-10-11-49)42-37(44-38)40-20-2-6-24-18(12-20)14-29(67-65-63-54)32(34(24)51)47-46-27-17-23(66-64-62-53)5-9-28(27)50/h2-9,12-17,49-54H,10-11H2,1H3,(H,55,56,57)(H,58,59,60)(H3,39,40,41,42,43,44). The van der Waals surface area contributed by atoms with Crippen molar-refractivity contribution in [2.45, 2.75) is 19.6 Å². The molecule has 0 bridgehead atoms. The number of hydrogen-bond donors (Lipinski definition) is 11. The molecular weight excluding hydrogens is 997 g/mol. The number of ether oxygens (including phenoxy) is 1. The number of fused-ring (bicyclic) bond motifs is 2. The molecule has 1 heterocycles. The van der Waals surface area contributed by atoms with Crippen molar-refractivity contribution < 1.29 is 80.4 Å². The smallest absolute Gasteiger partial charge is 0.296 e. The number of benzene rings is 6. The summed E-state index contributed by atoms with van der Waals surface area (Å²) < 4.78 is 83.2. The van der Waals surface area contributed by atoms with Gasteiger partial charge in [-0.05, 0) is 89.6 Å². The normalized spacial score (nSPS) is 12.1. The molecule has 0 spiro atoms. The van der Waals surface area contributed by atoms with Gasteiger partial charge in [-0.2, -0.15) is 31.8 Å². The summed E-state index contributed by atoms with van der Waals surface area (Å²) in [7, 11) is -8.76. The molecule has 31 heteroatoms. The van der Waals surface area contributed by atoms with Crippen LogP contribution >= 0.6 is 24.1 Å². The van der Waals surface area contributed by atoms with E-state index in [4.69, 9.17) is 15.3 Å². The van der Waals surface area contributed by atoms with Crippen LogP contribution in [0.15, 0.2) is 125 Å². The third-order valence-electron chi connectivity index (χ3n) is 9.14. The number of azo groups is 2. The summed E-state index contributed by atoms with van der Waals surface area (Å²) in [6, 6.07) is 18.7. The molecule has 0 fully saturated rings. The summed E-state index contributed by atoms with van der Waals surface area (Å²) in [5.41, 5.74) is -0.851. The largest absolute Gasteiger partial charge is 0.506 e. The minimum atomic E-state index is -5.13. The Kier molecular flexibility index (Phi) is 15.5. The number of rotatable bonds is 20. The Morgan fingerprint density at radius 1 is 0.623 bits per heavy atom. The predicted octanol–water partition coefficient (Wildman–Crippen LogP) is 8.38. The first-order valence-electron chi connectivity index (χ1n) is 18.8. The van der Waals surface area contributed by atoms with Gasteiger partial charge in [-0.25, -0.2) is 10.5 Å². The van der Waals surface area contributed by atoms with Gasteiger partial charge in [0.25, 0.3) is 20.2 Å². The second-order valence-electron chi connectivity index (χ2n) is 13.5. The zero-order valence-corrected chi connectivity index (χ0v) is 37.8. The van der Waals surface area contributed by atoms with E-state index in [1.54, 1.807) is 12.1 Å². The van der Waals surface area contributed by atoms with E-state index in [1.807, 2.05) is 0 Å². The quantitative estimate of drug-likeness (QED) is 0.0112. The first-order chi connectivity index (χ1) is 33.0. The summed E-state index contributed by atoms with van der Waals surface area (Å²) >= 11 is 1.06. The molecule has 0 aliphatic rings.